The predicted molar refractivity (Wildman–Crippen MR) is 128 cm³/mol. The van der Waals surface area contributed by atoms with E-state index in [-0.39, 0.29) is 11.7 Å². The molecule has 2 aliphatic heterocycles. The van der Waals surface area contributed by atoms with Gasteiger partial charge in [0.25, 0.3) is 5.91 Å². The van der Waals surface area contributed by atoms with Crippen molar-refractivity contribution >= 4 is 34.5 Å². The molecular weight excluding hydrogens is 471 g/mol. The quantitative estimate of drug-likeness (QED) is 0.550. The number of benzene rings is 3. The average molecular weight is 491 g/mol. The minimum Gasteiger partial charge on any atom is -0.482 e. The highest BCUT2D eigenvalue weighted by atomic mass is 32.2. The summed E-state index contributed by atoms with van der Waals surface area (Å²) in [7, 11) is 0. The molecular formula is C25H19FN4O4S. The van der Waals surface area contributed by atoms with Crippen molar-refractivity contribution in [2.75, 3.05) is 6.61 Å². The molecule has 0 saturated carbocycles. The number of halogens is 1. The molecule has 0 bridgehead atoms. The van der Waals surface area contributed by atoms with Gasteiger partial charge in [-0.25, -0.2) is 14.2 Å². The van der Waals surface area contributed by atoms with Gasteiger partial charge in [0.15, 0.2) is 17.9 Å². The number of carboxylic acids is 1. The zero-order valence-corrected chi connectivity index (χ0v) is 19.0. The Kier molecular flexibility index (Phi) is 6.19. The van der Waals surface area contributed by atoms with Gasteiger partial charge in [0.1, 0.15) is 17.3 Å². The number of amidine groups is 1. The summed E-state index contributed by atoms with van der Waals surface area (Å²) < 4.78 is 19.3. The molecule has 10 heteroatoms. The molecule has 2 N–H and O–H groups in total. The first-order chi connectivity index (χ1) is 17.0. The summed E-state index contributed by atoms with van der Waals surface area (Å²) in [6, 6.07) is 20.6. The normalized spacial score (nSPS) is 16.4. The van der Waals surface area contributed by atoms with Gasteiger partial charge in [-0.3, -0.25) is 15.1 Å². The Balaban J connectivity index is 1.49. The van der Waals surface area contributed by atoms with Crippen molar-refractivity contribution in [1.29, 1.82) is 0 Å². The van der Waals surface area contributed by atoms with Gasteiger partial charge in [0.2, 0.25) is 0 Å². The molecule has 1 unspecified atom stereocenters. The third kappa shape index (κ3) is 4.73. The van der Waals surface area contributed by atoms with E-state index in [1.165, 1.54) is 17.8 Å². The van der Waals surface area contributed by atoms with E-state index in [1.54, 1.807) is 47.5 Å². The topological polar surface area (TPSA) is 104 Å². The fourth-order valence-corrected chi connectivity index (χ4v) is 4.59. The number of hydrogen-bond donors (Lipinski definition) is 2. The molecule has 0 spiro atoms. The van der Waals surface area contributed by atoms with Gasteiger partial charge in [-0.2, -0.15) is 0 Å². The molecule has 176 valence electrons. The average Bonchev–Trinajstić information content (AvgIpc) is 2.86. The summed E-state index contributed by atoms with van der Waals surface area (Å²) in [5.74, 6) is -1.02. The van der Waals surface area contributed by atoms with Crippen molar-refractivity contribution in [3.8, 4) is 5.75 Å². The molecule has 2 aliphatic rings. The monoisotopic (exact) mass is 490 g/mol. The van der Waals surface area contributed by atoms with Crippen molar-refractivity contribution in [2.24, 2.45) is 10.1 Å². The van der Waals surface area contributed by atoms with Gasteiger partial charge in [-0.1, -0.05) is 60.3 Å². The first-order valence-corrected chi connectivity index (χ1v) is 11.7. The second kappa shape index (κ2) is 9.59. The predicted octanol–water partition coefficient (Wildman–Crippen LogP) is 2.37. The van der Waals surface area contributed by atoms with E-state index >= 15 is 0 Å². The lowest BCUT2D eigenvalue weighted by molar-refractivity contribution is -0.139. The van der Waals surface area contributed by atoms with Crippen molar-refractivity contribution in [2.45, 2.75) is 11.9 Å². The molecule has 0 aliphatic carbocycles. The molecule has 2 heterocycles. The fraction of sp³-hybridized carbons (Fsp3) is 0.120. The van der Waals surface area contributed by atoms with E-state index in [1.807, 2.05) is 24.3 Å². The number of hydrogen-bond acceptors (Lipinski definition) is 7. The van der Waals surface area contributed by atoms with Crippen LogP contribution in [0.15, 0.2) is 82.9 Å². The number of rotatable bonds is 6. The zero-order valence-electron chi connectivity index (χ0n) is 18.2. The number of ether oxygens (including phenoxy) is 1. The van der Waals surface area contributed by atoms with Crippen molar-refractivity contribution in [3.05, 3.63) is 100 Å². The van der Waals surface area contributed by atoms with Crippen LogP contribution in [0.5, 0.6) is 5.75 Å². The zero-order chi connectivity index (χ0) is 24.4. The number of amides is 1. The molecule has 35 heavy (non-hydrogen) atoms. The number of carboxylic acid groups (broad SMARTS) is 1. The number of aliphatic carboxylic acids is 1. The van der Waals surface area contributed by atoms with Gasteiger partial charge in [0, 0.05) is 11.0 Å². The first kappa shape index (κ1) is 22.6. The lowest BCUT2D eigenvalue weighted by Gasteiger charge is -2.34. The number of thioether (sulfide) groups is 1. The Hall–Kier alpha value is -4.18. The van der Waals surface area contributed by atoms with Gasteiger partial charge in [-0.15, -0.1) is 5.10 Å². The Labute approximate surface area is 203 Å². The summed E-state index contributed by atoms with van der Waals surface area (Å²) in [5.41, 5.74) is 1.60. The molecule has 0 fully saturated rings. The highest BCUT2D eigenvalue weighted by molar-refractivity contribution is 8.13. The van der Waals surface area contributed by atoms with Crippen LogP contribution in [-0.4, -0.2) is 33.8 Å². The van der Waals surface area contributed by atoms with Crippen LogP contribution in [0, 0.1) is 5.82 Å². The number of carbonyl (C=O) groups excluding carboxylic acids is 1. The molecule has 0 saturated heterocycles. The molecule has 0 radical (unpaired) electrons. The van der Waals surface area contributed by atoms with E-state index in [2.05, 4.69) is 10.4 Å². The van der Waals surface area contributed by atoms with Crippen molar-refractivity contribution in [1.82, 2.24) is 10.3 Å². The van der Waals surface area contributed by atoms with Crippen molar-refractivity contribution in [3.63, 3.8) is 0 Å². The third-order valence-electron chi connectivity index (χ3n) is 5.38. The SMILES string of the molecule is O=C(O)COc1ccc(C2N=c3ccccc3=C3C(=O)NC(SCc4ccccc4F)=NN32)cc1. The van der Waals surface area contributed by atoms with Crippen LogP contribution in [0.1, 0.15) is 17.3 Å². The summed E-state index contributed by atoms with van der Waals surface area (Å²) in [4.78, 5) is 28.8. The first-order valence-electron chi connectivity index (χ1n) is 10.7. The molecule has 5 rings (SSSR count). The van der Waals surface area contributed by atoms with Crippen LogP contribution in [0.25, 0.3) is 5.70 Å². The lowest BCUT2D eigenvalue weighted by atomic mass is 10.1. The number of para-hydroxylation sites is 1. The second-order valence-electron chi connectivity index (χ2n) is 7.70. The molecule has 3 aromatic carbocycles. The minimum absolute atomic E-state index is 0.295. The summed E-state index contributed by atoms with van der Waals surface area (Å²) >= 11 is 1.22. The van der Waals surface area contributed by atoms with Crippen LogP contribution in [0.2, 0.25) is 0 Å². The fourth-order valence-electron chi connectivity index (χ4n) is 3.75. The van der Waals surface area contributed by atoms with Gasteiger partial charge in [0.05, 0.1) is 5.36 Å². The van der Waals surface area contributed by atoms with E-state index in [0.29, 0.717) is 38.5 Å². The maximum atomic E-state index is 14.1. The second-order valence-corrected chi connectivity index (χ2v) is 8.67. The Morgan fingerprint density at radius 1 is 1.09 bits per heavy atom. The van der Waals surface area contributed by atoms with Crippen LogP contribution in [0.4, 0.5) is 4.39 Å². The molecule has 1 atom stereocenters. The third-order valence-corrected chi connectivity index (χ3v) is 6.29. The number of nitrogens with one attached hydrogen (secondary N) is 1. The molecule has 0 aromatic heterocycles. The maximum Gasteiger partial charge on any atom is 0.341 e. The van der Waals surface area contributed by atoms with Crippen LogP contribution in [0.3, 0.4) is 0 Å². The molecule has 8 nitrogen and oxygen atoms in total. The summed E-state index contributed by atoms with van der Waals surface area (Å²) in [5, 5.41) is 19.5. The molecule has 1 amide bonds. The van der Waals surface area contributed by atoms with E-state index in [4.69, 9.17) is 14.8 Å². The standard InChI is InChI=1S/C25H19FN4O4S/c26-19-7-3-1-5-16(19)14-35-25-28-24(33)22-18-6-2-4-8-20(18)27-23(30(22)29-25)15-9-11-17(12-10-15)34-13-21(31)32/h1-12,23H,13-14H2,(H,31,32)(H,28,29,33). The Bertz CT molecular complexity index is 1460. The van der Waals surface area contributed by atoms with Crippen LogP contribution in [-0.2, 0) is 15.3 Å². The Morgan fingerprint density at radius 2 is 1.83 bits per heavy atom. The van der Waals surface area contributed by atoms with Gasteiger partial charge in [-0.05, 0) is 35.4 Å². The number of carbonyl (C=O) groups is 2. The number of hydrazone groups is 1. The van der Waals surface area contributed by atoms with E-state index in [9.17, 15) is 14.0 Å². The highest BCUT2D eigenvalue weighted by Crippen LogP contribution is 2.32. The number of fused-ring (bicyclic) bond motifs is 2. The van der Waals surface area contributed by atoms with Crippen LogP contribution < -0.4 is 20.6 Å². The maximum absolute atomic E-state index is 14.1. The van der Waals surface area contributed by atoms with E-state index < -0.39 is 18.7 Å². The summed E-state index contributed by atoms with van der Waals surface area (Å²) in [6.45, 7) is -0.447. The Morgan fingerprint density at radius 3 is 2.60 bits per heavy atom. The smallest absolute Gasteiger partial charge is 0.341 e. The van der Waals surface area contributed by atoms with E-state index in [0.717, 1.165) is 5.56 Å². The van der Waals surface area contributed by atoms with Gasteiger partial charge >= 0.3 is 5.97 Å². The van der Waals surface area contributed by atoms with Gasteiger partial charge < -0.3 is 9.84 Å². The number of nitrogens with zero attached hydrogens (tertiary/aromatic N) is 3. The van der Waals surface area contributed by atoms with Crippen LogP contribution >= 0.6 is 11.8 Å². The molecule has 3 aromatic rings. The largest absolute Gasteiger partial charge is 0.482 e. The van der Waals surface area contributed by atoms with Crippen molar-refractivity contribution < 1.29 is 23.8 Å². The summed E-state index contributed by atoms with van der Waals surface area (Å²) in [6.07, 6.45) is -0.636. The lowest BCUT2D eigenvalue weighted by Crippen LogP contribution is -2.50. The minimum atomic E-state index is -1.07. The highest BCUT2D eigenvalue weighted by Gasteiger charge is 2.34.